The fourth-order valence-corrected chi connectivity index (χ4v) is 3.44. The summed E-state index contributed by atoms with van der Waals surface area (Å²) >= 11 is 0. The molecule has 0 aromatic heterocycles. The number of amides is 1. The summed E-state index contributed by atoms with van der Waals surface area (Å²) in [5.41, 5.74) is -2.13. The molecule has 0 saturated heterocycles. The second-order valence-corrected chi connectivity index (χ2v) is 9.52. The largest absolute Gasteiger partial charge is 0.504 e. The highest BCUT2D eigenvalue weighted by molar-refractivity contribution is 7.93. The van der Waals surface area contributed by atoms with Crippen LogP contribution in [0.15, 0.2) is 17.0 Å². The van der Waals surface area contributed by atoms with Crippen LogP contribution in [0.1, 0.15) is 40.2 Å². The highest BCUT2D eigenvalue weighted by atomic mass is 32.2. The predicted octanol–water partition coefficient (Wildman–Crippen LogP) is 3.73. The minimum absolute atomic E-state index is 0.414. The van der Waals surface area contributed by atoms with E-state index in [4.69, 9.17) is 10.00 Å². The number of anilines is 1. The van der Waals surface area contributed by atoms with E-state index in [0.29, 0.717) is 13.8 Å². The van der Waals surface area contributed by atoms with E-state index in [9.17, 15) is 31.5 Å². The highest BCUT2D eigenvalue weighted by Crippen LogP contribution is 2.45. The lowest BCUT2D eigenvalue weighted by molar-refractivity contribution is -0.153. The molecule has 0 radical (unpaired) electrons. The molecule has 7 nitrogen and oxygen atoms in total. The number of sulfone groups is 1. The van der Waals surface area contributed by atoms with Gasteiger partial charge in [-0.1, -0.05) is 0 Å². The van der Waals surface area contributed by atoms with Gasteiger partial charge in [0.25, 0.3) is 0 Å². The van der Waals surface area contributed by atoms with Crippen molar-refractivity contribution in [3.8, 4) is 11.8 Å². The third-order valence-electron chi connectivity index (χ3n) is 3.51. The Bertz CT molecular complexity index is 894. The van der Waals surface area contributed by atoms with Crippen LogP contribution in [0, 0.1) is 11.3 Å². The number of ether oxygens (including phenoxy) is 1. The molecule has 0 bridgehead atoms. The Balaban J connectivity index is 3.58. The molecule has 0 aliphatic rings. The van der Waals surface area contributed by atoms with Crippen LogP contribution in [-0.4, -0.2) is 36.1 Å². The van der Waals surface area contributed by atoms with Crippen molar-refractivity contribution < 1.29 is 36.2 Å². The smallest absolute Gasteiger partial charge is 0.412 e. The van der Waals surface area contributed by atoms with Crippen LogP contribution in [0.25, 0.3) is 0 Å². The second-order valence-electron chi connectivity index (χ2n) is 7.09. The minimum Gasteiger partial charge on any atom is -0.504 e. The molecule has 0 aliphatic heterocycles. The van der Waals surface area contributed by atoms with E-state index >= 15 is 0 Å². The Morgan fingerprint density at radius 1 is 1.19 bits per heavy atom. The molecule has 1 amide bonds. The molecule has 27 heavy (non-hydrogen) atoms. The summed E-state index contributed by atoms with van der Waals surface area (Å²) in [5.74, 6) is -1.18. The lowest BCUT2D eigenvalue weighted by Crippen LogP contribution is -2.46. The standard InChI is InChI=1S/C16H19F3N2O5S/c1-14(2,3)26-13(23)21-10-7-6-9(8-20)12(11(10)22)27(24,25)15(4,5)16(17,18)19/h6-7,22H,1-5H3,(H,21,23). The number of benzene rings is 1. The zero-order valence-electron chi connectivity index (χ0n) is 15.2. The number of aromatic hydroxyl groups is 1. The number of rotatable bonds is 3. The average molecular weight is 408 g/mol. The summed E-state index contributed by atoms with van der Waals surface area (Å²) in [6.45, 7) is 5.47. The first-order chi connectivity index (χ1) is 12.0. The number of hydrogen-bond donors (Lipinski definition) is 2. The van der Waals surface area contributed by atoms with Crippen LogP contribution in [0.5, 0.6) is 5.75 Å². The summed E-state index contributed by atoms with van der Waals surface area (Å²) in [5, 5.41) is 21.4. The number of alkyl halides is 3. The summed E-state index contributed by atoms with van der Waals surface area (Å²) in [4.78, 5) is 10.6. The molecule has 1 aromatic carbocycles. The maximum Gasteiger partial charge on any atom is 0.412 e. The van der Waals surface area contributed by atoms with Crippen LogP contribution in [-0.2, 0) is 14.6 Å². The monoisotopic (exact) mass is 408 g/mol. The number of nitriles is 1. The Kier molecular flexibility index (Phi) is 5.78. The van der Waals surface area contributed by atoms with E-state index in [0.717, 1.165) is 12.1 Å². The van der Waals surface area contributed by atoms with E-state index in [1.54, 1.807) is 20.8 Å². The highest BCUT2D eigenvalue weighted by Gasteiger charge is 2.58. The van der Waals surface area contributed by atoms with E-state index in [-0.39, 0.29) is 0 Å². The molecule has 0 spiro atoms. The van der Waals surface area contributed by atoms with E-state index in [2.05, 4.69) is 5.32 Å². The van der Waals surface area contributed by atoms with Gasteiger partial charge in [0.15, 0.2) is 20.3 Å². The third-order valence-corrected chi connectivity index (χ3v) is 6.04. The number of phenolic OH excluding ortho intramolecular Hbond substituents is 1. The van der Waals surface area contributed by atoms with Gasteiger partial charge in [0.2, 0.25) is 0 Å². The van der Waals surface area contributed by atoms with E-state index < -0.39 is 54.4 Å². The first kappa shape index (κ1) is 22.6. The van der Waals surface area contributed by atoms with Gasteiger partial charge in [0, 0.05) is 0 Å². The molecule has 0 atom stereocenters. The van der Waals surface area contributed by atoms with Gasteiger partial charge in [-0.2, -0.15) is 18.4 Å². The molecule has 1 rings (SSSR count). The van der Waals surface area contributed by atoms with Crippen molar-refractivity contribution in [2.45, 2.75) is 56.0 Å². The van der Waals surface area contributed by atoms with Crippen molar-refractivity contribution in [3.63, 3.8) is 0 Å². The van der Waals surface area contributed by atoms with Crippen molar-refractivity contribution in [1.82, 2.24) is 0 Å². The lowest BCUT2D eigenvalue weighted by Gasteiger charge is -2.28. The molecule has 0 unspecified atom stereocenters. The molecule has 1 aromatic rings. The minimum atomic E-state index is -5.25. The zero-order chi connectivity index (χ0) is 21.4. The van der Waals surface area contributed by atoms with Crippen molar-refractivity contribution in [3.05, 3.63) is 17.7 Å². The zero-order valence-corrected chi connectivity index (χ0v) is 16.0. The van der Waals surface area contributed by atoms with Crippen LogP contribution < -0.4 is 5.32 Å². The first-order valence-electron chi connectivity index (χ1n) is 7.53. The second kappa shape index (κ2) is 6.92. The summed E-state index contributed by atoms with van der Waals surface area (Å²) < 4.78 is 66.6. The van der Waals surface area contributed by atoms with Gasteiger partial charge < -0.3 is 9.84 Å². The Morgan fingerprint density at radius 3 is 2.11 bits per heavy atom. The fraction of sp³-hybridized carbons (Fsp3) is 0.500. The van der Waals surface area contributed by atoms with Crippen molar-refractivity contribution in [2.75, 3.05) is 5.32 Å². The molecule has 0 saturated carbocycles. The van der Waals surface area contributed by atoms with Crippen LogP contribution in [0.4, 0.5) is 23.7 Å². The molecule has 150 valence electrons. The van der Waals surface area contributed by atoms with Crippen molar-refractivity contribution in [1.29, 1.82) is 5.26 Å². The Labute approximate surface area is 154 Å². The number of carbonyl (C=O) groups is 1. The van der Waals surface area contributed by atoms with E-state index in [1.807, 2.05) is 0 Å². The van der Waals surface area contributed by atoms with Crippen LogP contribution in [0.3, 0.4) is 0 Å². The summed E-state index contributed by atoms with van der Waals surface area (Å²) in [6.07, 6.45) is -6.25. The number of hydrogen-bond acceptors (Lipinski definition) is 6. The molecule has 0 fully saturated rings. The predicted molar refractivity (Wildman–Crippen MR) is 90.0 cm³/mol. The first-order valence-corrected chi connectivity index (χ1v) is 9.01. The van der Waals surface area contributed by atoms with Gasteiger partial charge in [-0.3, -0.25) is 5.32 Å². The lowest BCUT2D eigenvalue weighted by atomic mass is 10.2. The Hall–Kier alpha value is -2.48. The van der Waals surface area contributed by atoms with Crippen molar-refractivity contribution in [2.24, 2.45) is 0 Å². The molecule has 0 aliphatic carbocycles. The SMILES string of the molecule is CC(C)(C)OC(=O)Nc1ccc(C#N)c(S(=O)(=O)C(C)(C)C(F)(F)F)c1O. The number of carbonyl (C=O) groups excluding carboxylic acids is 1. The molecule has 0 heterocycles. The number of phenols is 1. The molecule has 11 heteroatoms. The van der Waals surface area contributed by atoms with Gasteiger partial charge in [-0.15, -0.1) is 0 Å². The van der Waals surface area contributed by atoms with Gasteiger partial charge in [-0.25, -0.2) is 13.2 Å². The van der Waals surface area contributed by atoms with Crippen molar-refractivity contribution >= 4 is 21.6 Å². The van der Waals surface area contributed by atoms with E-state index in [1.165, 1.54) is 6.07 Å². The number of nitrogens with zero attached hydrogens (tertiary/aromatic N) is 1. The van der Waals surface area contributed by atoms with Crippen LogP contribution >= 0.6 is 0 Å². The van der Waals surface area contributed by atoms with Gasteiger partial charge in [-0.05, 0) is 46.8 Å². The summed E-state index contributed by atoms with van der Waals surface area (Å²) in [7, 11) is -5.25. The summed E-state index contributed by atoms with van der Waals surface area (Å²) in [6, 6.07) is 3.30. The fourth-order valence-electron chi connectivity index (χ4n) is 1.85. The topological polar surface area (TPSA) is 116 Å². The quantitative estimate of drug-likeness (QED) is 0.736. The average Bonchev–Trinajstić information content (AvgIpc) is 2.45. The maximum absolute atomic E-state index is 13.2. The Morgan fingerprint density at radius 2 is 1.70 bits per heavy atom. The normalized spacial score (nSPS) is 13.0. The number of halogens is 3. The maximum atomic E-state index is 13.2. The van der Waals surface area contributed by atoms with Gasteiger partial charge in [0.05, 0.1) is 11.3 Å². The third kappa shape index (κ3) is 4.44. The van der Waals surface area contributed by atoms with Crippen LogP contribution in [0.2, 0.25) is 0 Å². The van der Waals surface area contributed by atoms with Gasteiger partial charge in [0.1, 0.15) is 16.6 Å². The molecular weight excluding hydrogens is 389 g/mol. The van der Waals surface area contributed by atoms with Gasteiger partial charge >= 0.3 is 12.3 Å². The molecular formula is C16H19F3N2O5S. The molecule has 2 N–H and O–H groups in total. The number of nitrogens with one attached hydrogen (secondary N) is 1.